The maximum Gasteiger partial charge on any atom is 0.335 e. The van der Waals surface area contributed by atoms with Crippen LogP contribution in [0.15, 0.2) is 11.3 Å². The zero-order valence-corrected chi connectivity index (χ0v) is 13.0. The maximum absolute atomic E-state index is 11.5. The Morgan fingerprint density at radius 1 is 1.30 bits per heavy atom. The van der Waals surface area contributed by atoms with Crippen molar-refractivity contribution in [1.82, 2.24) is 4.90 Å². The van der Waals surface area contributed by atoms with Crippen molar-refractivity contribution in [2.24, 2.45) is 5.41 Å². The van der Waals surface area contributed by atoms with Crippen molar-refractivity contribution in [1.29, 1.82) is 0 Å². The van der Waals surface area contributed by atoms with Crippen molar-refractivity contribution >= 4 is 5.97 Å². The summed E-state index contributed by atoms with van der Waals surface area (Å²) in [6.07, 6.45) is 7.88. The molecule has 0 aromatic heterocycles. The summed E-state index contributed by atoms with van der Waals surface area (Å²) in [5, 5.41) is 0. The van der Waals surface area contributed by atoms with Gasteiger partial charge in [0.1, 0.15) is 13.3 Å². The first kappa shape index (κ1) is 15.4. The average molecular weight is 281 g/mol. The topological polar surface area (TPSA) is 38.8 Å². The van der Waals surface area contributed by atoms with Crippen molar-refractivity contribution < 1.29 is 14.3 Å². The molecule has 0 unspecified atom stereocenters. The molecule has 20 heavy (non-hydrogen) atoms. The maximum atomic E-state index is 11.5. The van der Waals surface area contributed by atoms with Crippen LogP contribution in [0.5, 0.6) is 0 Å². The van der Waals surface area contributed by atoms with Crippen LogP contribution in [0.2, 0.25) is 0 Å². The summed E-state index contributed by atoms with van der Waals surface area (Å²) in [6.45, 7) is 6.10. The third kappa shape index (κ3) is 3.54. The van der Waals surface area contributed by atoms with Crippen LogP contribution in [-0.4, -0.2) is 37.9 Å². The van der Waals surface area contributed by atoms with Crippen molar-refractivity contribution in [3.8, 4) is 0 Å². The predicted molar refractivity (Wildman–Crippen MR) is 78.1 cm³/mol. The van der Waals surface area contributed by atoms with Crippen LogP contribution in [0.25, 0.3) is 0 Å². The Hall–Kier alpha value is -1.03. The fourth-order valence-corrected chi connectivity index (χ4v) is 3.29. The van der Waals surface area contributed by atoms with Gasteiger partial charge in [-0.25, -0.2) is 4.79 Å². The molecule has 4 nitrogen and oxygen atoms in total. The largest absolute Gasteiger partial charge is 0.456 e. The van der Waals surface area contributed by atoms with E-state index in [9.17, 15) is 4.79 Å². The highest BCUT2D eigenvalue weighted by Crippen LogP contribution is 2.39. The normalized spacial score (nSPS) is 22.1. The summed E-state index contributed by atoms with van der Waals surface area (Å²) >= 11 is 0. The quantitative estimate of drug-likeness (QED) is 0.554. The van der Waals surface area contributed by atoms with Gasteiger partial charge in [-0.15, -0.1) is 0 Å². The number of nitrogens with zero attached hydrogens (tertiary/aromatic N) is 1. The van der Waals surface area contributed by atoms with Gasteiger partial charge < -0.3 is 14.4 Å². The number of methoxy groups -OCH3 is 1. The van der Waals surface area contributed by atoms with Crippen molar-refractivity contribution in [3.05, 3.63) is 11.3 Å². The lowest BCUT2D eigenvalue weighted by Gasteiger charge is -2.36. The Balaban J connectivity index is 1.97. The number of rotatable bonds is 6. The Morgan fingerprint density at radius 2 is 2.00 bits per heavy atom. The molecule has 114 valence electrons. The second-order valence-corrected chi connectivity index (χ2v) is 6.45. The minimum Gasteiger partial charge on any atom is -0.456 e. The van der Waals surface area contributed by atoms with E-state index in [1.807, 2.05) is 6.92 Å². The van der Waals surface area contributed by atoms with Gasteiger partial charge >= 0.3 is 5.97 Å². The molecule has 0 radical (unpaired) electrons. The Bertz CT molecular complexity index is 383. The molecule has 0 saturated heterocycles. The number of esters is 1. The summed E-state index contributed by atoms with van der Waals surface area (Å²) < 4.78 is 10.4. The molecule has 1 heterocycles. The summed E-state index contributed by atoms with van der Waals surface area (Å²) in [7, 11) is 1.70. The molecule has 0 spiro atoms. The first-order valence-corrected chi connectivity index (χ1v) is 7.66. The summed E-state index contributed by atoms with van der Waals surface area (Å²) in [5.41, 5.74) is 2.18. The van der Waals surface area contributed by atoms with Crippen LogP contribution in [0.4, 0.5) is 0 Å². The molecule has 1 saturated carbocycles. The molecule has 0 atom stereocenters. The van der Waals surface area contributed by atoms with Crippen LogP contribution in [0.1, 0.15) is 52.4 Å². The summed E-state index contributed by atoms with van der Waals surface area (Å²) in [4.78, 5) is 13.7. The van der Waals surface area contributed by atoms with E-state index in [2.05, 4.69) is 11.8 Å². The lowest BCUT2D eigenvalue weighted by atomic mass is 9.73. The van der Waals surface area contributed by atoms with Gasteiger partial charge in [0.15, 0.2) is 0 Å². The molecule has 0 amide bonds. The van der Waals surface area contributed by atoms with Gasteiger partial charge in [0.2, 0.25) is 0 Å². The lowest BCUT2D eigenvalue weighted by molar-refractivity contribution is -0.136. The zero-order chi connectivity index (χ0) is 14.6. The number of hydrogen-bond acceptors (Lipinski definition) is 4. The van der Waals surface area contributed by atoms with E-state index < -0.39 is 0 Å². The smallest absolute Gasteiger partial charge is 0.335 e. The van der Waals surface area contributed by atoms with E-state index in [-0.39, 0.29) is 5.97 Å². The average Bonchev–Trinajstić information content (AvgIpc) is 2.76. The molecular formula is C16H27NO3. The minimum absolute atomic E-state index is 0.190. The zero-order valence-electron chi connectivity index (χ0n) is 13.0. The number of carbonyl (C=O) groups is 1. The number of hydrogen-bond donors (Lipinski definition) is 0. The fraction of sp³-hybridized carbons (Fsp3) is 0.812. The van der Waals surface area contributed by atoms with E-state index in [4.69, 9.17) is 9.47 Å². The highest BCUT2D eigenvalue weighted by atomic mass is 16.5. The lowest BCUT2D eigenvalue weighted by Crippen LogP contribution is -2.32. The molecule has 1 aliphatic carbocycles. The SMILES string of the molecule is COCN(CCC1(C)CCCCC1)C1=C(C)C(=O)OC1. The molecule has 1 aliphatic heterocycles. The second kappa shape index (κ2) is 6.61. The Morgan fingerprint density at radius 3 is 2.55 bits per heavy atom. The molecule has 0 aromatic carbocycles. The minimum atomic E-state index is -0.190. The molecule has 1 fully saturated rings. The highest BCUT2D eigenvalue weighted by Gasteiger charge is 2.30. The van der Waals surface area contributed by atoms with E-state index in [1.165, 1.54) is 32.1 Å². The molecule has 2 aliphatic rings. The van der Waals surface area contributed by atoms with Crippen molar-refractivity contribution in [2.45, 2.75) is 52.4 Å². The van der Waals surface area contributed by atoms with E-state index >= 15 is 0 Å². The summed E-state index contributed by atoms with van der Waals surface area (Å²) in [6, 6.07) is 0. The van der Waals surface area contributed by atoms with Crippen LogP contribution in [-0.2, 0) is 14.3 Å². The second-order valence-electron chi connectivity index (χ2n) is 6.45. The predicted octanol–water partition coefficient (Wildman–Crippen LogP) is 3.08. The van der Waals surface area contributed by atoms with Crippen LogP contribution in [0, 0.1) is 5.41 Å². The number of ether oxygens (including phenoxy) is 2. The van der Waals surface area contributed by atoms with Crippen molar-refractivity contribution in [2.75, 3.05) is 27.0 Å². The van der Waals surface area contributed by atoms with Crippen molar-refractivity contribution in [3.63, 3.8) is 0 Å². The fourth-order valence-electron chi connectivity index (χ4n) is 3.29. The molecular weight excluding hydrogens is 254 g/mol. The molecule has 0 aromatic rings. The highest BCUT2D eigenvalue weighted by molar-refractivity contribution is 5.90. The van der Waals surface area contributed by atoms with Gasteiger partial charge in [-0.3, -0.25) is 0 Å². The summed E-state index contributed by atoms with van der Waals surface area (Å²) in [5.74, 6) is -0.190. The van der Waals surface area contributed by atoms with Gasteiger partial charge in [-0.2, -0.15) is 0 Å². The number of carbonyl (C=O) groups excluding carboxylic acids is 1. The first-order valence-electron chi connectivity index (χ1n) is 7.66. The van der Waals surface area contributed by atoms with E-state index in [0.29, 0.717) is 18.8 Å². The molecule has 2 rings (SSSR count). The Labute approximate surface area is 122 Å². The van der Waals surface area contributed by atoms with Gasteiger partial charge in [0, 0.05) is 13.7 Å². The van der Waals surface area contributed by atoms with E-state index in [0.717, 1.165) is 24.2 Å². The third-order valence-corrected chi connectivity index (χ3v) is 4.79. The monoisotopic (exact) mass is 281 g/mol. The number of cyclic esters (lactones) is 1. The van der Waals surface area contributed by atoms with Crippen LogP contribution >= 0.6 is 0 Å². The third-order valence-electron chi connectivity index (χ3n) is 4.79. The van der Waals surface area contributed by atoms with Crippen LogP contribution in [0.3, 0.4) is 0 Å². The first-order chi connectivity index (χ1) is 9.56. The molecule has 0 bridgehead atoms. The standard InChI is InChI=1S/C16H27NO3/c1-13-14(11-20-15(13)18)17(12-19-3)10-9-16(2)7-5-4-6-8-16/h4-12H2,1-3H3. The Kier molecular flexibility index (Phi) is 5.08. The van der Waals surface area contributed by atoms with Gasteiger partial charge in [0.05, 0.1) is 11.3 Å². The van der Waals surface area contributed by atoms with Gasteiger partial charge in [-0.05, 0) is 31.6 Å². The molecule has 0 N–H and O–H groups in total. The molecule has 4 heteroatoms. The van der Waals surface area contributed by atoms with Crippen LogP contribution < -0.4 is 0 Å². The van der Waals surface area contributed by atoms with Gasteiger partial charge in [-0.1, -0.05) is 26.2 Å². The van der Waals surface area contributed by atoms with Gasteiger partial charge in [0.25, 0.3) is 0 Å². The van der Waals surface area contributed by atoms with E-state index in [1.54, 1.807) is 7.11 Å².